The van der Waals surface area contributed by atoms with Crippen molar-refractivity contribution in [3.63, 3.8) is 0 Å². The highest BCUT2D eigenvalue weighted by molar-refractivity contribution is 7.89. The molecule has 3 heterocycles. The first-order chi connectivity index (χ1) is 17.6. The second-order valence-electron chi connectivity index (χ2n) is 9.55. The first-order valence-corrected chi connectivity index (χ1v) is 14.1. The molecule has 2 aliphatic rings. The number of hydrogen-bond donors (Lipinski definition) is 3. The molecule has 37 heavy (non-hydrogen) atoms. The zero-order valence-electron chi connectivity index (χ0n) is 20.6. The van der Waals surface area contributed by atoms with Crippen LogP contribution in [0.1, 0.15) is 43.7 Å². The van der Waals surface area contributed by atoms with E-state index in [0.29, 0.717) is 37.6 Å². The highest BCUT2D eigenvalue weighted by atomic mass is 35.5. The van der Waals surface area contributed by atoms with E-state index in [9.17, 15) is 23.1 Å². The van der Waals surface area contributed by atoms with Crippen LogP contribution in [0.25, 0.3) is 0 Å². The molecule has 1 aromatic heterocycles. The van der Waals surface area contributed by atoms with Crippen LogP contribution in [0, 0.1) is 6.92 Å². The Kier molecular flexibility index (Phi) is 6.82. The minimum absolute atomic E-state index is 0.0421. The van der Waals surface area contributed by atoms with Crippen LogP contribution in [0.15, 0.2) is 43.2 Å². The summed E-state index contributed by atoms with van der Waals surface area (Å²) >= 11 is 6.28. The molecular weight excluding hydrogens is 520 g/mol. The Bertz CT molecular complexity index is 1510. The molecule has 0 amide bonds. The SMILES string of the molecule is CC[C@@H](Nc1c(Nc2ccc(Cl)c(S(=O)(=O)N3CCN4CCCC4C3)c2O)c(=O)c1=O)c1ccc(C)o1. The van der Waals surface area contributed by atoms with E-state index < -0.39 is 31.5 Å². The molecule has 2 fully saturated rings. The van der Waals surface area contributed by atoms with Gasteiger partial charge in [0.1, 0.15) is 27.8 Å². The van der Waals surface area contributed by atoms with Crippen molar-refractivity contribution in [3.05, 3.63) is 61.3 Å². The number of aryl methyl sites for hydroxylation is 1. The van der Waals surface area contributed by atoms with E-state index in [0.717, 1.165) is 19.4 Å². The number of phenols is 1. The largest absolute Gasteiger partial charge is 0.504 e. The van der Waals surface area contributed by atoms with Crippen LogP contribution in [-0.4, -0.2) is 55.0 Å². The lowest BCUT2D eigenvalue weighted by atomic mass is 10.1. The van der Waals surface area contributed by atoms with Gasteiger partial charge in [0.2, 0.25) is 10.0 Å². The van der Waals surface area contributed by atoms with Crippen LogP contribution in [0.2, 0.25) is 5.02 Å². The van der Waals surface area contributed by atoms with Crippen molar-refractivity contribution < 1.29 is 17.9 Å². The lowest BCUT2D eigenvalue weighted by Gasteiger charge is -2.36. The normalized spacial score (nSPS) is 19.7. The Hall–Kier alpha value is -2.86. The Balaban J connectivity index is 1.43. The minimum Gasteiger partial charge on any atom is -0.504 e. The van der Waals surface area contributed by atoms with E-state index in [-0.39, 0.29) is 34.2 Å². The number of nitrogens with one attached hydrogen (secondary N) is 2. The summed E-state index contributed by atoms with van der Waals surface area (Å²) in [7, 11) is -4.11. The second-order valence-corrected chi connectivity index (χ2v) is 11.8. The van der Waals surface area contributed by atoms with Gasteiger partial charge in [-0.15, -0.1) is 0 Å². The van der Waals surface area contributed by atoms with E-state index in [1.807, 2.05) is 13.8 Å². The predicted molar refractivity (Wildman–Crippen MR) is 141 cm³/mol. The van der Waals surface area contributed by atoms with Crippen molar-refractivity contribution in [2.24, 2.45) is 0 Å². The van der Waals surface area contributed by atoms with E-state index in [2.05, 4.69) is 15.5 Å². The number of sulfonamides is 1. The molecule has 3 N–H and O–H groups in total. The topological polar surface area (TPSA) is 132 Å². The van der Waals surface area contributed by atoms with Gasteiger partial charge in [-0.05, 0) is 57.0 Å². The fraction of sp³-hybridized carbons (Fsp3) is 0.440. The Morgan fingerprint density at radius 3 is 2.59 bits per heavy atom. The van der Waals surface area contributed by atoms with Crippen molar-refractivity contribution in [1.82, 2.24) is 9.21 Å². The molecule has 12 heteroatoms. The molecule has 2 aliphatic heterocycles. The number of furan rings is 1. The number of halogens is 1. The van der Waals surface area contributed by atoms with Crippen molar-refractivity contribution in [1.29, 1.82) is 0 Å². The first kappa shape index (κ1) is 25.8. The molecule has 2 atom stereocenters. The van der Waals surface area contributed by atoms with Crippen molar-refractivity contribution >= 4 is 38.7 Å². The van der Waals surface area contributed by atoms with Crippen LogP contribution in [0.3, 0.4) is 0 Å². The number of benzene rings is 1. The van der Waals surface area contributed by atoms with Gasteiger partial charge in [-0.25, -0.2) is 8.42 Å². The highest BCUT2D eigenvalue weighted by Gasteiger charge is 2.39. The number of anilines is 3. The zero-order chi connectivity index (χ0) is 26.5. The maximum atomic E-state index is 13.5. The van der Waals surface area contributed by atoms with Crippen LogP contribution in [0.4, 0.5) is 17.1 Å². The molecule has 5 rings (SSSR count). The standard InChI is InChI=1S/C25H29ClN4O6S/c1-3-17(19-9-6-14(2)36-19)27-20-21(24(33)23(20)32)28-18-8-7-16(26)25(22(18)31)37(34,35)30-12-11-29-10-4-5-15(29)13-30/h6-9,15,17,27-28,31H,3-5,10-13H2,1-2H3/t15?,17-/m1/s1. The van der Waals surface area contributed by atoms with Gasteiger partial charge in [0, 0.05) is 25.7 Å². The summed E-state index contributed by atoms with van der Waals surface area (Å²) in [6.07, 6.45) is 2.53. The number of piperazine rings is 1. The molecular formula is C25H29ClN4O6S. The molecule has 198 valence electrons. The minimum atomic E-state index is -4.11. The zero-order valence-corrected chi connectivity index (χ0v) is 22.2. The number of rotatable bonds is 8. The van der Waals surface area contributed by atoms with Gasteiger partial charge in [0.25, 0.3) is 10.9 Å². The van der Waals surface area contributed by atoms with Crippen LogP contribution < -0.4 is 21.5 Å². The molecule has 0 saturated carbocycles. The number of aromatic hydroxyl groups is 1. The number of phenolic OH excluding ortho intramolecular Hbond substituents is 1. The number of hydrogen-bond acceptors (Lipinski definition) is 9. The summed E-state index contributed by atoms with van der Waals surface area (Å²) in [6, 6.07) is 6.11. The molecule has 10 nitrogen and oxygen atoms in total. The van der Waals surface area contributed by atoms with Crippen LogP contribution in [0.5, 0.6) is 5.75 Å². The van der Waals surface area contributed by atoms with E-state index in [1.54, 1.807) is 12.1 Å². The third-order valence-electron chi connectivity index (χ3n) is 7.23. The van der Waals surface area contributed by atoms with Gasteiger partial charge in [0.15, 0.2) is 5.75 Å². The van der Waals surface area contributed by atoms with Crippen molar-refractivity contribution in [2.45, 2.75) is 50.1 Å². The molecule has 0 spiro atoms. The van der Waals surface area contributed by atoms with Gasteiger partial charge in [-0.3, -0.25) is 14.5 Å². The fourth-order valence-electron chi connectivity index (χ4n) is 5.18. The Morgan fingerprint density at radius 1 is 1.14 bits per heavy atom. The summed E-state index contributed by atoms with van der Waals surface area (Å²) in [5, 5.41) is 16.7. The average molecular weight is 549 g/mol. The van der Waals surface area contributed by atoms with Crippen molar-refractivity contribution in [3.8, 4) is 5.75 Å². The van der Waals surface area contributed by atoms with Gasteiger partial charge >= 0.3 is 0 Å². The molecule has 2 saturated heterocycles. The maximum absolute atomic E-state index is 13.5. The van der Waals surface area contributed by atoms with Gasteiger partial charge < -0.3 is 20.2 Å². The smallest absolute Gasteiger partial charge is 0.253 e. The number of fused-ring (bicyclic) bond motifs is 1. The molecule has 3 aromatic rings. The molecule has 0 aliphatic carbocycles. The predicted octanol–water partition coefficient (Wildman–Crippen LogP) is 3.32. The fourth-order valence-corrected chi connectivity index (χ4v) is 7.24. The van der Waals surface area contributed by atoms with Crippen molar-refractivity contribution in [2.75, 3.05) is 36.8 Å². The summed E-state index contributed by atoms with van der Waals surface area (Å²) < 4.78 is 34.1. The Labute approximate surface area is 219 Å². The monoisotopic (exact) mass is 548 g/mol. The number of nitrogens with zero attached hydrogens (tertiary/aromatic N) is 2. The van der Waals surface area contributed by atoms with E-state index in [4.69, 9.17) is 16.0 Å². The van der Waals surface area contributed by atoms with Gasteiger partial charge in [0.05, 0.1) is 16.8 Å². The molecule has 2 aromatic carbocycles. The molecule has 0 radical (unpaired) electrons. The lowest BCUT2D eigenvalue weighted by molar-refractivity contribution is 0.158. The van der Waals surface area contributed by atoms with Gasteiger partial charge in [-0.1, -0.05) is 18.5 Å². The van der Waals surface area contributed by atoms with E-state index >= 15 is 0 Å². The first-order valence-electron chi connectivity index (χ1n) is 12.3. The van der Waals surface area contributed by atoms with Gasteiger partial charge in [-0.2, -0.15) is 4.31 Å². The highest BCUT2D eigenvalue weighted by Crippen LogP contribution is 2.41. The molecule has 0 bridgehead atoms. The summed E-state index contributed by atoms with van der Waals surface area (Å²) in [5.41, 5.74) is -1.54. The second kappa shape index (κ2) is 9.79. The third-order valence-corrected chi connectivity index (χ3v) is 9.60. The van der Waals surface area contributed by atoms with Crippen LogP contribution >= 0.6 is 11.6 Å². The quantitative estimate of drug-likeness (QED) is 0.286. The van der Waals surface area contributed by atoms with Crippen LogP contribution in [-0.2, 0) is 10.0 Å². The maximum Gasteiger partial charge on any atom is 0.253 e. The average Bonchev–Trinajstić information content (AvgIpc) is 3.52. The molecule has 1 unspecified atom stereocenters. The summed E-state index contributed by atoms with van der Waals surface area (Å²) in [6.45, 7) is 5.91. The summed E-state index contributed by atoms with van der Waals surface area (Å²) in [5.74, 6) is 0.728. The lowest BCUT2D eigenvalue weighted by Crippen LogP contribution is -2.51. The Morgan fingerprint density at radius 2 is 1.89 bits per heavy atom. The van der Waals surface area contributed by atoms with E-state index in [1.165, 1.54) is 16.4 Å². The third kappa shape index (κ3) is 4.54. The summed E-state index contributed by atoms with van der Waals surface area (Å²) in [4.78, 5) is 26.7.